The van der Waals surface area contributed by atoms with Crippen molar-refractivity contribution in [2.75, 3.05) is 6.61 Å². The number of carbonyl (C=O) groups excluding carboxylic acids is 2. The summed E-state index contributed by atoms with van der Waals surface area (Å²) in [4.78, 5) is 25.5. The Bertz CT molecular complexity index is 1580. The Labute approximate surface area is 242 Å². The van der Waals surface area contributed by atoms with E-state index in [-0.39, 0.29) is 11.9 Å². The average molecular weight is 553 g/mol. The van der Waals surface area contributed by atoms with Crippen molar-refractivity contribution >= 4 is 22.8 Å². The molecule has 1 saturated carbocycles. The smallest absolute Gasteiger partial charge is 0.349 e. The molecule has 0 bridgehead atoms. The summed E-state index contributed by atoms with van der Waals surface area (Å²) in [6, 6.07) is 22.3. The van der Waals surface area contributed by atoms with Crippen LogP contribution in [-0.4, -0.2) is 28.7 Å². The molecule has 3 aromatic carbocycles. The van der Waals surface area contributed by atoms with E-state index in [1.54, 1.807) is 20.8 Å². The van der Waals surface area contributed by atoms with E-state index in [4.69, 9.17) is 9.47 Å². The SMILES string of the molecule is CCOC(=O)C(C)(C)Oc1cccc(Cc2c(C)n(C)c3cc(C(=O)N[C@@H](C)c4ccc(C5CC5)cc4)ccc23)c1. The van der Waals surface area contributed by atoms with Crippen LogP contribution in [0.15, 0.2) is 66.7 Å². The van der Waals surface area contributed by atoms with E-state index in [0.717, 1.165) is 33.6 Å². The van der Waals surface area contributed by atoms with Crippen molar-refractivity contribution in [2.45, 2.75) is 71.4 Å². The first kappa shape index (κ1) is 28.5. The van der Waals surface area contributed by atoms with Crippen molar-refractivity contribution in [1.29, 1.82) is 0 Å². The first-order valence-corrected chi connectivity index (χ1v) is 14.5. The number of rotatable bonds is 10. The van der Waals surface area contributed by atoms with Gasteiger partial charge in [-0.15, -0.1) is 0 Å². The third-order valence-corrected chi connectivity index (χ3v) is 8.14. The summed E-state index contributed by atoms with van der Waals surface area (Å²) in [5.74, 6) is 0.866. The van der Waals surface area contributed by atoms with Crippen LogP contribution in [-0.2, 0) is 23.0 Å². The number of hydrogen-bond acceptors (Lipinski definition) is 4. The quantitative estimate of drug-likeness (QED) is 0.212. The van der Waals surface area contributed by atoms with Crippen LogP contribution in [0, 0.1) is 6.92 Å². The molecule has 1 aromatic heterocycles. The fourth-order valence-electron chi connectivity index (χ4n) is 5.41. The highest BCUT2D eigenvalue weighted by atomic mass is 16.6. The lowest BCUT2D eigenvalue weighted by Crippen LogP contribution is -2.39. The molecular formula is C35H40N2O4. The van der Waals surface area contributed by atoms with Crippen molar-refractivity contribution < 1.29 is 19.1 Å². The van der Waals surface area contributed by atoms with Crippen LogP contribution >= 0.6 is 0 Å². The molecule has 41 heavy (non-hydrogen) atoms. The van der Waals surface area contributed by atoms with Gasteiger partial charge in [0.25, 0.3) is 5.91 Å². The second-order valence-electron chi connectivity index (χ2n) is 11.6. The maximum atomic E-state index is 13.2. The maximum Gasteiger partial charge on any atom is 0.349 e. The highest BCUT2D eigenvalue weighted by Crippen LogP contribution is 2.40. The van der Waals surface area contributed by atoms with Crippen molar-refractivity contribution in [3.8, 4) is 5.75 Å². The van der Waals surface area contributed by atoms with Gasteiger partial charge in [-0.1, -0.05) is 42.5 Å². The van der Waals surface area contributed by atoms with Gasteiger partial charge in [0, 0.05) is 29.2 Å². The van der Waals surface area contributed by atoms with Crippen LogP contribution in [0.4, 0.5) is 0 Å². The van der Waals surface area contributed by atoms with Gasteiger partial charge in [-0.3, -0.25) is 4.79 Å². The Kier molecular flexibility index (Phi) is 7.94. The topological polar surface area (TPSA) is 69.6 Å². The number of aryl methyl sites for hydroxylation is 1. The number of carbonyl (C=O) groups is 2. The molecule has 0 radical (unpaired) electrons. The minimum absolute atomic E-state index is 0.0829. The number of amides is 1. The maximum absolute atomic E-state index is 13.2. The van der Waals surface area contributed by atoms with E-state index >= 15 is 0 Å². The molecule has 1 heterocycles. The van der Waals surface area contributed by atoms with E-state index in [1.165, 1.54) is 24.0 Å². The summed E-state index contributed by atoms with van der Waals surface area (Å²) in [7, 11) is 2.04. The van der Waals surface area contributed by atoms with Crippen molar-refractivity contribution in [3.63, 3.8) is 0 Å². The summed E-state index contributed by atoms with van der Waals surface area (Å²) in [5, 5.41) is 4.28. The zero-order chi connectivity index (χ0) is 29.3. The lowest BCUT2D eigenvalue weighted by Gasteiger charge is -2.24. The normalized spacial score (nSPS) is 14.1. The molecule has 0 spiro atoms. The summed E-state index contributed by atoms with van der Waals surface area (Å²) >= 11 is 0. The molecule has 1 atom stereocenters. The standard InChI is InChI=1S/C35H40N2O4/c1-7-40-34(39)35(4,5)41-29-10-8-9-24(19-29)20-31-23(3)37(6)32-21-28(17-18-30(31)32)33(38)36-22(2)25-11-13-26(14-12-25)27-15-16-27/h8-14,17-19,21-22,27H,7,15-16,20H2,1-6H3,(H,36,38)/t22-/m0/s1. The molecule has 6 heteroatoms. The van der Waals surface area contributed by atoms with Gasteiger partial charge in [-0.05, 0) is 106 Å². The molecule has 1 fully saturated rings. The third kappa shape index (κ3) is 6.17. The molecule has 0 saturated heterocycles. The van der Waals surface area contributed by atoms with Crippen molar-refractivity contribution in [2.24, 2.45) is 7.05 Å². The molecule has 6 nitrogen and oxygen atoms in total. The first-order valence-electron chi connectivity index (χ1n) is 14.5. The van der Waals surface area contributed by atoms with Crippen LogP contribution < -0.4 is 10.1 Å². The summed E-state index contributed by atoms with van der Waals surface area (Å²) in [6.07, 6.45) is 3.26. The molecule has 1 aliphatic rings. The van der Waals surface area contributed by atoms with E-state index in [1.807, 2.05) is 50.4 Å². The number of fused-ring (bicyclic) bond motifs is 1. The molecule has 1 amide bonds. The molecule has 214 valence electrons. The Morgan fingerprint density at radius 2 is 1.78 bits per heavy atom. The highest BCUT2D eigenvalue weighted by Gasteiger charge is 2.31. The molecule has 1 N–H and O–H groups in total. The Hall–Kier alpha value is -4.06. The van der Waals surface area contributed by atoms with Gasteiger partial charge in [0.05, 0.1) is 12.6 Å². The van der Waals surface area contributed by atoms with Crippen LogP contribution in [0.1, 0.15) is 90.8 Å². The van der Waals surface area contributed by atoms with Gasteiger partial charge in [0.15, 0.2) is 5.60 Å². The molecule has 1 aliphatic carbocycles. The number of nitrogens with one attached hydrogen (secondary N) is 1. The molecule has 0 unspecified atom stereocenters. The Balaban J connectivity index is 1.32. The average Bonchev–Trinajstić information content (AvgIpc) is 3.78. The Morgan fingerprint density at radius 1 is 1.05 bits per heavy atom. The molecule has 4 aromatic rings. The van der Waals surface area contributed by atoms with Crippen LogP contribution in [0.2, 0.25) is 0 Å². The lowest BCUT2D eigenvalue weighted by atomic mass is 10.0. The predicted octanol–water partition coefficient (Wildman–Crippen LogP) is 7.17. The number of nitrogens with zero attached hydrogens (tertiary/aromatic N) is 1. The highest BCUT2D eigenvalue weighted by molar-refractivity contribution is 5.99. The second kappa shape index (κ2) is 11.4. The first-order chi connectivity index (χ1) is 19.6. The summed E-state index contributed by atoms with van der Waals surface area (Å²) in [6.45, 7) is 9.65. The fraction of sp³-hybridized carbons (Fsp3) is 0.371. The van der Waals surface area contributed by atoms with E-state index in [2.05, 4.69) is 47.1 Å². The zero-order valence-electron chi connectivity index (χ0n) is 24.9. The number of benzene rings is 3. The predicted molar refractivity (Wildman–Crippen MR) is 163 cm³/mol. The fourth-order valence-corrected chi connectivity index (χ4v) is 5.41. The minimum atomic E-state index is -1.08. The zero-order valence-corrected chi connectivity index (χ0v) is 24.9. The second-order valence-corrected chi connectivity index (χ2v) is 11.6. The van der Waals surface area contributed by atoms with Gasteiger partial charge < -0.3 is 19.4 Å². The van der Waals surface area contributed by atoms with Crippen molar-refractivity contribution in [1.82, 2.24) is 9.88 Å². The van der Waals surface area contributed by atoms with Gasteiger partial charge in [-0.2, -0.15) is 0 Å². The largest absolute Gasteiger partial charge is 0.476 e. The molecule has 5 rings (SSSR count). The summed E-state index contributed by atoms with van der Waals surface area (Å²) < 4.78 is 13.3. The number of hydrogen-bond donors (Lipinski definition) is 1. The van der Waals surface area contributed by atoms with Crippen LogP contribution in [0.5, 0.6) is 5.75 Å². The van der Waals surface area contributed by atoms with E-state index in [9.17, 15) is 9.59 Å². The molecule has 0 aliphatic heterocycles. The van der Waals surface area contributed by atoms with E-state index < -0.39 is 11.6 Å². The lowest BCUT2D eigenvalue weighted by molar-refractivity contribution is -0.158. The van der Waals surface area contributed by atoms with Crippen LogP contribution in [0.3, 0.4) is 0 Å². The number of aromatic nitrogens is 1. The summed E-state index contributed by atoms with van der Waals surface area (Å²) in [5.41, 5.74) is 6.48. The Morgan fingerprint density at radius 3 is 2.46 bits per heavy atom. The number of esters is 1. The number of ether oxygens (including phenoxy) is 2. The van der Waals surface area contributed by atoms with E-state index in [0.29, 0.717) is 24.3 Å². The third-order valence-electron chi connectivity index (χ3n) is 8.14. The van der Waals surface area contributed by atoms with Gasteiger partial charge in [0.1, 0.15) is 5.75 Å². The van der Waals surface area contributed by atoms with Gasteiger partial charge in [0.2, 0.25) is 0 Å². The minimum Gasteiger partial charge on any atom is -0.476 e. The van der Waals surface area contributed by atoms with Gasteiger partial charge >= 0.3 is 5.97 Å². The molecular weight excluding hydrogens is 512 g/mol. The van der Waals surface area contributed by atoms with Gasteiger partial charge in [-0.25, -0.2) is 4.79 Å². The van der Waals surface area contributed by atoms with Crippen LogP contribution in [0.25, 0.3) is 10.9 Å². The monoisotopic (exact) mass is 552 g/mol. The van der Waals surface area contributed by atoms with Crippen molar-refractivity contribution in [3.05, 3.63) is 100 Å².